The molecule has 1 N–H and O–H groups in total. The standard InChI is InChI=1S/C25H33BrN2O4/c1-6-17(2)27-25(30)18(3)28(16-20-8-7-9-21(26)14-20)24(29)13-11-19-10-12-22(31-4)23(15-19)32-5/h7-10,12,14-15,17-18H,6,11,13,16H2,1-5H3,(H,27,30). The molecular formula is C25H33BrN2O4. The van der Waals surface area contributed by atoms with Crippen LogP contribution in [0.2, 0.25) is 0 Å². The van der Waals surface area contributed by atoms with E-state index in [0.29, 0.717) is 24.5 Å². The molecule has 0 radical (unpaired) electrons. The minimum Gasteiger partial charge on any atom is -0.493 e. The lowest BCUT2D eigenvalue weighted by Crippen LogP contribution is -2.49. The zero-order chi connectivity index (χ0) is 23.7. The first-order valence-electron chi connectivity index (χ1n) is 10.8. The molecule has 0 spiro atoms. The van der Waals surface area contributed by atoms with Crippen molar-refractivity contribution in [3.63, 3.8) is 0 Å². The van der Waals surface area contributed by atoms with Crippen molar-refractivity contribution in [1.29, 1.82) is 0 Å². The molecule has 0 aromatic heterocycles. The van der Waals surface area contributed by atoms with Crippen LogP contribution in [-0.4, -0.2) is 43.0 Å². The summed E-state index contributed by atoms with van der Waals surface area (Å²) in [5.74, 6) is 1.05. The van der Waals surface area contributed by atoms with Crippen molar-refractivity contribution in [3.8, 4) is 11.5 Å². The van der Waals surface area contributed by atoms with Crippen LogP contribution in [0, 0.1) is 0 Å². The van der Waals surface area contributed by atoms with E-state index in [2.05, 4.69) is 21.2 Å². The molecule has 2 aromatic carbocycles. The molecule has 0 bridgehead atoms. The number of nitrogens with zero attached hydrogens (tertiary/aromatic N) is 1. The first-order valence-corrected chi connectivity index (χ1v) is 11.6. The van der Waals surface area contributed by atoms with Crippen LogP contribution in [0.4, 0.5) is 0 Å². The highest BCUT2D eigenvalue weighted by atomic mass is 79.9. The highest BCUT2D eigenvalue weighted by Crippen LogP contribution is 2.28. The van der Waals surface area contributed by atoms with Crippen molar-refractivity contribution in [2.75, 3.05) is 14.2 Å². The molecule has 7 heteroatoms. The van der Waals surface area contributed by atoms with Gasteiger partial charge in [0.05, 0.1) is 14.2 Å². The van der Waals surface area contributed by atoms with E-state index in [1.54, 1.807) is 26.0 Å². The van der Waals surface area contributed by atoms with Gasteiger partial charge in [-0.1, -0.05) is 41.1 Å². The molecule has 0 fully saturated rings. The van der Waals surface area contributed by atoms with Gasteiger partial charge in [-0.3, -0.25) is 9.59 Å². The summed E-state index contributed by atoms with van der Waals surface area (Å²) in [6.45, 7) is 6.12. The fourth-order valence-corrected chi connectivity index (χ4v) is 3.76. The highest BCUT2D eigenvalue weighted by Gasteiger charge is 2.26. The van der Waals surface area contributed by atoms with Crippen molar-refractivity contribution >= 4 is 27.7 Å². The molecular weight excluding hydrogens is 472 g/mol. The number of rotatable bonds is 11. The number of methoxy groups -OCH3 is 2. The van der Waals surface area contributed by atoms with E-state index in [1.165, 1.54) is 0 Å². The molecule has 0 aliphatic carbocycles. The van der Waals surface area contributed by atoms with E-state index in [1.807, 2.05) is 56.3 Å². The van der Waals surface area contributed by atoms with Gasteiger partial charge in [0.1, 0.15) is 6.04 Å². The van der Waals surface area contributed by atoms with Gasteiger partial charge in [-0.15, -0.1) is 0 Å². The van der Waals surface area contributed by atoms with Crippen LogP contribution in [0.25, 0.3) is 0 Å². The molecule has 0 saturated heterocycles. The van der Waals surface area contributed by atoms with Gasteiger partial charge >= 0.3 is 0 Å². The Hall–Kier alpha value is -2.54. The van der Waals surface area contributed by atoms with Gasteiger partial charge in [0, 0.05) is 23.5 Å². The summed E-state index contributed by atoms with van der Waals surface area (Å²) in [7, 11) is 3.18. The van der Waals surface area contributed by atoms with Crippen molar-refractivity contribution in [2.45, 2.75) is 58.7 Å². The Labute approximate surface area is 199 Å². The van der Waals surface area contributed by atoms with Crippen molar-refractivity contribution < 1.29 is 19.1 Å². The predicted molar refractivity (Wildman–Crippen MR) is 130 cm³/mol. The van der Waals surface area contributed by atoms with Crippen LogP contribution in [0.1, 0.15) is 44.7 Å². The Balaban J connectivity index is 2.18. The number of carbonyl (C=O) groups is 2. The van der Waals surface area contributed by atoms with Crippen LogP contribution >= 0.6 is 15.9 Å². The van der Waals surface area contributed by atoms with Crippen LogP contribution in [0.3, 0.4) is 0 Å². The van der Waals surface area contributed by atoms with Gasteiger partial charge in [-0.2, -0.15) is 0 Å². The maximum Gasteiger partial charge on any atom is 0.242 e. The van der Waals surface area contributed by atoms with E-state index in [4.69, 9.17) is 9.47 Å². The minimum atomic E-state index is -0.583. The second-order valence-corrected chi connectivity index (χ2v) is 8.75. The first-order chi connectivity index (χ1) is 15.3. The molecule has 2 aromatic rings. The summed E-state index contributed by atoms with van der Waals surface area (Å²) in [4.78, 5) is 27.7. The number of amides is 2. The molecule has 2 rings (SSSR count). The van der Waals surface area contributed by atoms with E-state index in [9.17, 15) is 9.59 Å². The number of hydrogen-bond donors (Lipinski definition) is 1. The minimum absolute atomic E-state index is 0.0551. The summed E-state index contributed by atoms with van der Waals surface area (Å²) >= 11 is 3.48. The van der Waals surface area contributed by atoms with Gasteiger partial charge in [-0.05, 0) is 62.1 Å². The predicted octanol–water partition coefficient (Wildman–Crippen LogP) is 4.73. The van der Waals surface area contributed by atoms with Gasteiger partial charge in [0.15, 0.2) is 11.5 Å². The summed E-state index contributed by atoms with van der Waals surface area (Å²) < 4.78 is 11.6. The SMILES string of the molecule is CCC(C)NC(=O)C(C)N(Cc1cccc(Br)c1)C(=O)CCc1ccc(OC)c(OC)c1. The van der Waals surface area contributed by atoms with E-state index < -0.39 is 6.04 Å². The van der Waals surface area contributed by atoms with Crippen LogP contribution in [0.5, 0.6) is 11.5 Å². The third-order valence-electron chi connectivity index (χ3n) is 5.49. The monoisotopic (exact) mass is 504 g/mol. The Kier molecular flexibility index (Phi) is 10.0. The zero-order valence-corrected chi connectivity index (χ0v) is 21.1. The summed E-state index contributed by atoms with van der Waals surface area (Å²) in [6.07, 6.45) is 1.65. The summed E-state index contributed by atoms with van der Waals surface area (Å²) in [5, 5.41) is 2.99. The van der Waals surface area contributed by atoms with Crippen molar-refractivity contribution in [1.82, 2.24) is 10.2 Å². The normalized spacial score (nSPS) is 12.6. The molecule has 0 aliphatic heterocycles. The molecule has 2 amide bonds. The molecule has 32 heavy (non-hydrogen) atoms. The molecule has 2 unspecified atom stereocenters. The van der Waals surface area contributed by atoms with Gasteiger partial charge in [0.2, 0.25) is 11.8 Å². The third kappa shape index (κ3) is 7.26. The molecule has 0 heterocycles. The van der Waals surface area contributed by atoms with Gasteiger partial charge < -0.3 is 19.7 Å². The fraction of sp³-hybridized carbons (Fsp3) is 0.440. The van der Waals surface area contributed by atoms with Gasteiger partial charge in [0.25, 0.3) is 0 Å². The Morgan fingerprint density at radius 3 is 2.38 bits per heavy atom. The van der Waals surface area contributed by atoms with E-state index in [-0.39, 0.29) is 24.3 Å². The Bertz CT molecular complexity index is 919. The molecule has 0 saturated carbocycles. The lowest BCUT2D eigenvalue weighted by Gasteiger charge is -2.30. The second-order valence-electron chi connectivity index (χ2n) is 7.83. The van der Waals surface area contributed by atoms with E-state index in [0.717, 1.165) is 22.0 Å². The number of halogens is 1. The fourth-order valence-electron chi connectivity index (χ4n) is 3.31. The maximum atomic E-state index is 13.3. The van der Waals surface area contributed by atoms with E-state index >= 15 is 0 Å². The van der Waals surface area contributed by atoms with Gasteiger partial charge in [-0.25, -0.2) is 0 Å². The topological polar surface area (TPSA) is 67.9 Å². The Morgan fingerprint density at radius 2 is 1.75 bits per heavy atom. The Morgan fingerprint density at radius 1 is 1.03 bits per heavy atom. The second kappa shape index (κ2) is 12.5. The summed E-state index contributed by atoms with van der Waals surface area (Å²) in [6, 6.07) is 12.9. The largest absolute Gasteiger partial charge is 0.493 e. The number of nitrogens with one attached hydrogen (secondary N) is 1. The number of ether oxygens (including phenoxy) is 2. The van der Waals surface area contributed by atoms with Crippen molar-refractivity contribution in [2.24, 2.45) is 0 Å². The highest BCUT2D eigenvalue weighted by molar-refractivity contribution is 9.10. The lowest BCUT2D eigenvalue weighted by molar-refractivity contribution is -0.140. The number of hydrogen-bond acceptors (Lipinski definition) is 4. The maximum absolute atomic E-state index is 13.3. The zero-order valence-electron chi connectivity index (χ0n) is 19.5. The van der Waals surface area contributed by atoms with Crippen LogP contribution < -0.4 is 14.8 Å². The number of benzene rings is 2. The van der Waals surface area contributed by atoms with Crippen LogP contribution in [-0.2, 0) is 22.6 Å². The lowest BCUT2D eigenvalue weighted by atomic mass is 10.1. The smallest absolute Gasteiger partial charge is 0.242 e. The number of carbonyl (C=O) groups excluding carboxylic acids is 2. The average molecular weight is 505 g/mol. The molecule has 0 aliphatic rings. The average Bonchev–Trinajstić information content (AvgIpc) is 2.80. The first kappa shape index (κ1) is 25.7. The molecule has 6 nitrogen and oxygen atoms in total. The summed E-state index contributed by atoms with van der Waals surface area (Å²) in [5.41, 5.74) is 1.93. The molecule has 2 atom stereocenters. The third-order valence-corrected chi connectivity index (χ3v) is 5.98. The van der Waals surface area contributed by atoms with Crippen LogP contribution in [0.15, 0.2) is 46.9 Å². The molecule has 174 valence electrons. The quantitative estimate of drug-likeness (QED) is 0.480. The van der Waals surface area contributed by atoms with Crippen molar-refractivity contribution in [3.05, 3.63) is 58.1 Å². The number of aryl methyl sites for hydroxylation is 1.